The van der Waals surface area contributed by atoms with Crippen molar-refractivity contribution < 1.29 is 4.74 Å². The van der Waals surface area contributed by atoms with Gasteiger partial charge < -0.3 is 10.5 Å². The van der Waals surface area contributed by atoms with E-state index in [9.17, 15) is 0 Å². The molecule has 0 aliphatic heterocycles. The van der Waals surface area contributed by atoms with Gasteiger partial charge in [-0.2, -0.15) is 0 Å². The van der Waals surface area contributed by atoms with Crippen molar-refractivity contribution in [1.29, 1.82) is 0 Å². The zero-order valence-corrected chi connectivity index (χ0v) is 14.3. The van der Waals surface area contributed by atoms with E-state index in [0.29, 0.717) is 12.0 Å². The van der Waals surface area contributed by atoms with Crippen molar-refractivity contribution in [2.24, 2.45) is 5.73 Å². The van der Waals surface area contributed by atoms with Crippen molar-refractivity contribution in [2.75, 3.05) is 26.8 Å². The maximum absolute atomic E-state index is 6.40. The maximum Gasteiger partial charge on any atom is 0.0589 e. The van der Waals surface area contributed by atoms with E-state index in [1.54, 1.807) is 7.11 Å². The lowest BCUT2D eigenvalue weighted by Crippen LogP contribution is -2.40. The largest absolute Gasteiger partial charge is 0.383 e. The van der Waals surface area contributed by atoms with Crippen LogP contribution in [0.5, 0.6) is 0 Å². The van der Waals surface area contributed by atoms with E-state index >= 15 is 0 Å². The van der Waals surface area contributed by atoms with Gasteiger partial charge in [-0.3, -0.25) is 4.90 Å². The number of benzene rings is 1. The van der Waals surface area contributed by atoms with Crippen LogP contribution in [-0.2, 0) is 4.74 Å². The van der Waals surface area contributed by atoms with Gasteiger partial charge in [-0.15, -0.1) is 0 Å². The zero-order chi connectivity index (χ0) is 15.8. The molecule has 1 rings (SSSR count). The fourth-order valence-electron chi connectivity index (χ4n) is 2.44. The second-order valence-electron chi connectivity index (χ2n) is 6.17. The van der Waals surface area contributed by atoms with E-state index in [2.05, 4.69) is 56.9 Å². The summed E-state index contributed by atoms with van der Waals surface area (Å²) in [6, 6.07) is 9.32. The molecule has 0 bridgehead atoms. The van der Waals surface area contributed by atoms with Crippen molar-refractivity contribution in [3.05, 3.63) is 35.4 Å². The van der Waals surface area contributed by atoms with Gasteiger partial charge in [0, 0.05) is 32.3 Å². The molecule has 2 unspecified atom stereocenters. The molecular weight excluding hydrogens is 260 g/mol. The second kappa shape index (κ2) is 9.19. The number of ether oxygens (including phenoxy) is 1. The predicted molar refractivity (Wildman–Crippen MR) is 90.7 cm³/mol. The predicted octanol–water partition coefficient (Wildman–Crippen LogP) is 3.56. The monoisotopic (exact) mass is 292 g/mol. The van der Waals surface area contributed by atoms with Crippen LogP contribution in [0.3, 0.4) is 0 Å². The number of hydrogen-bond acceptors (Lipinski definition) is 3. The smallest absolute Gasteiger partial charge is 0.0589 e. The van der Waals surface area contributed by atoms with Gasteiger partial charge in [0.2, 0.25) is 0 Å². The Labute approximate surface area is 130 Å². The first kappa shape index (κ1) is 18.1. The quantitative estimate of drug-likeness (QED) is 0.756. The molecule has 0 radical (unpaired) electrons. The summed E-state index contributed by atoms with van der Waals surface area (Å²) in [5.41, 5.74) is 8.98. The lowest BCUT2D eigenvalue weighted by molar-refractivity contribution is 0.118. The van der Waals surface area contributed by atoms with E-state index in [1.807, 2.05) is 0 Å². The Kier molecular flexibility index (Phi) is 7.94. The summed E-state index contributed by atoms with van der Waals surface area (Å²) >= 11 is 0. The van der Waals surface area contributed by atoms with E-state index in [1.165, 1.54) is 11.1 Å². The molecular formula is C18H32N2O. The average molecular weight is 292 g/mol. The highest BCUT2D eigenvalue weighted by atomic mass is 16.5. The first-order valence-electron chi connectivity index (χ1n) is 8.08. The number of nitrogens with two attached hydrogens (primary N) is 1. The minimum Gasteiger partial charge on any atom is -0.383 e. The summed E-state index contributed by atoms with van der Waals surface area (Å²) in [5, 5.41) is 0. The van der Waals surface area contributed by atoms with Crippen molar-refractivity contribution >= 4 is 0 Å². The first-order chi connectivity index (χ1) is 9.99. The van der Waals surface area contributed by atoms with Gasteiger partial charge in [-0.25, -0.2) is 0 Å². The molecule has 0 spiro atoms. The normalized spacial score (nSPS) is 14.7. The molecule has 0 aromatic heterocycles. The van der Waals surface area contributed by atoms with Gasteiger partial charge in [0.25, 0.3) is 0 Å². The zero-order valence-electron chi connectivity index (χ0n) is 14.3. The third-order valence-corrected chi connectivity index (χ3v) is 4.26. The van der Waals surface area contributed by atoms with Crippen LogP contribution in [0.1, 0.15) is 57.2 Å². The lowest BCUT2D eigenvalue weighted by atomic mass is 9.99. The maximum atomic E-state index is 6.40. The van der Waals surface area contributed by atoms with Crippen LogP contribution in [0.4, 0.5) is 0 Å². The minimum absolute atomic E-state index is 0.0528. The van der Waals surface area contributed by atoms with E-state index < -0.39 is 0 Å². The van der Waals surface area contributed by atoms with Crippen molar-refractivity contribution in [1.82, 2.24) is 4.90 Å². The Bertz CT molecular complexity index is 389. The SMILES string of the molecule is CCC(C)N(CCOC)CC(N)c1ccc(C(C)C)cc1. The molecule has 0 saturated heterocycles. The molecule has 0 fully saturated rings. The average Bonchev–Trinajstić information content (AvgIpc) is 2.50. The van der Waals surface area contributed by atoms with Gasteiger partial charge >= 0.3 is 0 Å². The van der Waals surface area contributed by atoms with Crippen LogP contribution in [-0.4, -0.2) is 37.7 Å². The summed E-state index contributed by atoms with van der Waals surface area (Å²) in [6.45, 7) is 11.5. The van der Waals surface area contributed by atoms with E-state index in [0.717, 1.165) is 26.1 Å². The molecule has 21 heavy (non-hydrogen) atoms. The molecule has 2 N–H and O–H groups in total. The van der Waals surface area contributed by atoms with Gasteiger partial charge in [0.05, 0.1) is 6.61 Å². The van der Waals surface area contributed by atoms with Gasteiger partial charge in [0.1, 0.15) is 0 Å². The number of nitrogens with zero attached hydrogens (tertiary/aromatic N) is 1. The van der Waals surface area contributed by atoms with Crippen LogP contribution >= 0.6 is 0 Å². The Morgan fingerprint density at radius 1 is 1.10 bits per heavy atom. The third kappa shape index (κ3) is 5.77. The van der Waals surface area contributed by atoms with Crippen LogP contribution in [0.2, 0.25) is 0 Å². The minimum atomic E-state index is 0.0528. The number of methoxy groups -OCH3 is 1. The highest BCUT2D eigenvalue weighted by Crippen LogP contribution is 2.19. The highest BCUT2D eigenvalue weighted by molar-refractivity contribution is 5.26. The van der Waals surface area contributed by atoms with E-state index in [4.69, 9.17) is 10.5 Å². The molecule has 3 nitrogen and oxygen atoms in total. The molecule has 3 heteroatoms. The third-order valence-electron chi connectivity index (χ3n) is 4.26. The fourth-order valence-corrected chi connectivity index (χ4v) is 2.44. The summed E-state index contributed by atoms with van der Waals surface area (Å²) < 4.78 is 5.21. The van der Waals surface area contributed by atoms with Gasteiger partial charge in [-0.1, -0.05) is 45.0 Å². The van der Waals surface area contributed by atoms with Crippen LogP contribution < -0.4 is 5.73 Å². The van der Waals surface area contributed by atoms with Crippen molar-refractivity contribution in [3.63, 3.8) is 0 Å². The molecule has 0 aliphatic carbocycles. The fraction of sp³-hybridized carbons (Fsp3) is 0.667. The first-order valence-corrected chi connectivity index (χ1v) is 8.08. The molecule has 0 saturated carbocycles. The van der Waals surface area contributed by atoms with Gasteiger partial charge in [-0.05, 0) is 30.4 Å². The van der Waals surface area contributed by atoms with Crippen molar-refractivity contribution in [3.8, 4) is 0 Å². The second-order valence-corrected chi connectivity index (χ2v) is 6.17. The van der Waals surface area contributed by atoms with Crippen molar-refractivity contribution in [2.45, 2.75) is 52.1 Å². The molecule has 0 aliphatic rings. The lowest BCUT2D eigenvalue weighted by Gasteiger charge is -2.30. The summed E-state index contributed by atoms with van der Waals surface area (Å²) in [6.07, 6.45) is 1.13. The summed E-state index contributed by atoms with van der Waals surface area (Å²) in [5.74, 6) is 0.564. The Hall–Kier alpha value is -0.900. The topological polar surface area (TPSA) is 38.5 Å². The van der Waals surface area contributed by atoms with Gasteiger partial charge in [0.15, 0.2) is 0 Å². The van der Waals surface area contributed by atoms with Crippen LogP contribution in [0.15, 0.2) is 24.3 Å². The number of rotatable bonds is 9. The standard InChI is InChI=1S/C18H32N2O/c1-6-15(4)20(11-12-21-5)13-18(19)17-9-7-16(8-10-17)14(2)3/h7-10,14-15,18H,6,11-13,19H2,1-5H3. The molecule has 0 heterocycles. The summed E-state index contributed by atoms with van der Waals surface area (Å²) in [4.78, 5) is 2.42. The van der Waals surface area contributed by atoms with Crippen LogP contribution in [0.25, 0.3) is 0 Å². The molecule has 0 amide bonds. The van der Waals surface area contributed by atoms with E-state index in [-0.39, 0.29) is 6.04 Å². The molecule has 1 aromatic carbocycles. The Balaban J connectivity index is 2.69. The molecule has 120 valence electrons. The molecule has 2 atom stereocenters. The van der Waals surface area contributed by atoms with Crippen LogP contribution in [0, 0.1) is 0 Å². The number of hydrogen-bond donors (Lipinski definition) is 1. The summed E-state index contributed by atoms with van der Waals surface area (Å²) in [7, 11) is 1.75. The highest BCUT2D eigenvalue weighted by Gasteiger charge is 2.16. The Morgan fingerprint density at radius 3 is 2.14 bits per heavy atom. The Morgan fingerprint density at radius 2 is 1.67 bits per heavy atom. The molecule has 1 aromatic rings.